The number of rotatable bonds is 5. The quantitative estimate of drug-likeness (QED) is 0.841. The smallest absolute Gasteiger partial charge is 0.261 e. The molecule has 2 N–H and O–H groups in total. The molecule has 23 heavy (non-hydrogen) atoms. The molecule has 0 heterocycles. The first-order valence-electron chi connectivity index (χ1n) is 6.35. The fourth-order valence-corrected chi connectivity index (χ4v) is 3.60. The van der Waals surface area contributed by atoms with Gasteiger partial charge in [0.1, 0.15) is 0 Å². The van der Waals surface area contributed by atoms with Crippen LogP contribution < -0.4 is 9.44 Å². The molecule has 2 rings (SSSR count). The second kappa shape index (κ2) is 6.37. The Hall–Kier alpha value is -2.41. The van der Waals surface area contributed by atoms with E-state index in [-0.39, 0.29) is 21.0 Å². The Kier molecular flexibility index (Phi) is 4.70. The zero-order chi connectivity index (χ0) is 17.1. The lowest BCUT2D eigenvalue weighted by Crippen LogP contribution is -2.18. The van der Waals surface area contributed by atoms with Gasteiger partial charge in [0.15, 0.2) is 0 Å². The van der Waals surface area contributed by atoms with E-state index in [2.05, 4.69) is 9.44 Å². The van der Waals surface area contributed by atoms with Crippen molar-refractivity contribution in [1.82, 2.24) is 4.72 Å². The topological polar surface area (TPSA) is 116 Å². The Morgan fingerprint density at radius 3 is 2.13 bits per heavy atom. The third kappa shape index (κ3) is 3.87. The number of nitriles is 1. The fourth-order valence-electron chi connectivity index (χ4n) is 1.77. The molecule has 0 aliphatic carbocycles. The van der Waals surface area contributed by atoms with Crippen molar-refractivity contribution in [2.75, 3.05) is 11.8 Å². The van der Waals surface area contributed by atoms with Crippen molar-refractivity contribution in [2.45, 2.75) is 9.79 Å². The van der Waals surface area contributed by atoms with Gasteiger partial charge in [0, 0.05) is 5.69 Å². The molecule has 7 nitrogen and oxygen atoms in total. The van der Waals surface area contributed by atoms with Crippen LogP contribution in [0.25, 0.3) is 0 Å². The number of hydrogen-bond acceptors (Lipinski definition) is 5. The van der Waals surface area contributed by atoms with Crippen LogP contribution in [0.1, 0.15) is 5.56 Å². The second-order valence-electron chi connectivity index (χ2n) is 4.48. The molecule has 2 aromatic rings. The average molecular weight is 351 g/mol. The molecule has 0 aliphatic rings. The van der Waals surface area contributed by atoms with Gasteiger partial charge < -0.3 is 0 Å². The first-order chi connectivity index (χ1) is 10.8. The largest absolute Gasteiger partial charge is 0.280 e. The Balaban J connectivity index is 2.29. The monoisotopic (exact) mass is 351 g/mol. The average Bonchev–Trinajstić information content (AvgIpc) is 2.55. The zero-order valence-corrected chi connectivity index (χ0v) is 13.6. The summed E-state index contributed by atoms with van der Waals surface area (Å²) >= 11 is 0. The Morgan fingerprint density at radius 1 is 0.913 bits per heavy atom. The van der Waals surface area contributed by atoms with Crippen LogP contribution in [0.3, 0.4) is 0 Å². The van der Waals surface area contributed by atoms with Crippen LogP contribution in [0.2, 0.25) is 0 Å². The molecule has 0 saturated heterocycles. The summed E-state index contributed by atoms with van der Waals surface area (Å²) in [5.41, 5.74) is 0.436. The predicted octanol–water partition coefficient (Wildman–Crippen LogP) is 1.27. The molecular formula is C14H13N3O4S2. The van der Waals surface area contributed by atoms with Gasteiger partial charge in [-0.05, 0) is 49.5 Å². The molecule has 0 bridgehead atoms. The van der Waals surface area contributed by atoms with Crippen LogP contribution in [0.4, 0.5) is 5.69 Å². The standard InChI is InChI=1S/C14H13N3O4S2/c1-16-22(18,19)13-7-5-12(6-8-13)17-23(20,21)14-4-2-3-11(9-14)10-15/h2-9,16-17H,1H3. The van der Waals surface area contributed by atoms with Crippen molar-refractivity contribution in [1.29, 1.82) is 5.26 Å². The van der Waals surface area contributed by atoms with E-state index in [1.54, 1.807) is 0 Å². The minimum atomic E-state index is -3.87. The molecule has 9 heteroatoms. The van der Waals surface area contributed by atoms with E-state index >= 15 is 0 Å². The highest BCUT2D eigenvalue weighted by Gasteiger charge is 2.16. The molecule has 120 valence electrons. The van der Waals surface area contributed by atoms with Crippen LogP contribution in [0.15, 0.2) is 58.3 Å². The summed E-state index contributed by atoms with van der Waals surface area (Å²) in [7, 11) is -6.16. The van der Waals surface area contributed by atoms with Gasteiger partial charge >= 0.3 is 0 Å². The van der Waals surface area contributed by atoms with Gasteiger partial charge in [-0.15, -0.1) is 0 Å². The molecule has 0 aliphatic heterocycles. The van der Waals surface area contributed by atoms with Crippen molar-refractivity contribution in [3.63, 3.8) is 0 Å². The number of hydrogen-bond donors (Lipinski definition) is 2. The molecule has 2 aromatic carbocycles. The van der Waals surface area contributed by atoms with E-state index < -0.39 is 20.0 Å². The van der Waals surface area contributed by atoms with E-state index in [4.69, 9.17) is 5.26 Å². The van der Waals surface area contributed by atoms with Gasteiger partial charge in [0.2, 0.25) is 10.0 Å². The highest BCUT2D eigenvalue weighted by molar-refractivity contribution is 7.92. The summed E-state index contributed by atoms with van der Waals surface area (Å²) in [5, 5.41) is 8.82. The van der Waals surface area contributed by atoms with Crippen molar-refractivity contribution in [3.05, 3.63) is 54.1 Å². The minimum Gasteiger partial charge on any atom is -0.280 e. The van der Waals surface area contributed by atoms with Crippen molar-refractivity contribution < 1.29 is 16.8 Å². The van der Waals surface area contributed by atoms with E-state index in [0.29, 0.717) is 0 Å². The van der Waals surface area contributed by atoms with Crippen LogP contribution in [-0.2, 0) is 20.0 Å². The molecule has 0 amide bonds. The van der Waals surface area contributed by atoms with Gasteiger partial charge in [-0.1, -0.05) is 6.07 Å². The summed E-state index contributed by atoms with van der Waals surface area (Å²) in [6.45, 7) is 0. The summed E-state index contributed by atoms with van der Waals surface area (Å²) in [6, 6.07) is 12.7. The van der Waals surface area contributed by atoms with Crippen molar-refractivity contribution in [2.24, 2.45) is 0 Å². The van der Waals surface area contributed by atoms with Gasteiger partial charge in [-0.25, -0.2) is 21.6 Å². The fraction of sp³-hybridized carbons (Fsp3) is 0.0714. The summed E-state index contributed by atoms with van der Waals surface area (Å²) in [6.07, 6.45) is 0. The van der Waals surface area contributed by atoms with Crippen LogP contribution in [0.5, 0.6) is 0 Å². The Labute approximate surface area is 134 Å². The first kappa shape index (κ1) is 17.0. The highest BCUT2D eigenvalue weighted by Crippen LogP contribution is 2.19. The van der Waals surface area contributed by atoms with Crippen LogP contribution in [-0.4, -0.2) is 23.9 Å². The van der Waals surface area contributed by atoms with E-state index in [1.165, 1.54) is 55.6 Å². The zero-order valence-electron chi connectivity index (χ0n) is 12.0. The Bertz CT molecular complexity index is 960. The third-order valence-electron chi connectivity index (χ3n) is 2.96. The van der Waals surface area contributed by atoms with Gasteiger partial charge in [-0.3, -0.25) is 4.72 Å². The summed E-state index contributed by atoms with van der Waals surface area (Å²) in [4.78, 5) is -0.0297. The number of nitrogens with one attached hydrogen (secondary N) is 2. The number of anilines is 1. The first-order valence-corrected chi connectivity index (χ1v) is 9.32. The number of benzene rings is 2. The number of sulfonamides is 2. The molecular weight excluding hydrogens is 338 g/mol. The van der Waals surface area contributed by atoms with Crippen molar-refractivity contribution in [3.8, 4) is 6.07 Å². The predicted molar refractivity (Wildman–Crippen MR) is 84.7 cm³/mol. The van der Waals surface area contributed by atoms with E-state index in [1.807, 2.05) is 6.07 Å². The maximum absolute atomic E-state index is 12.3. The molecule has 0 atom stereocenters. The summed E-state index contributed by atoms with van der Waals surface area (Å²) in [5.74, 6) is 0. The maximum atomic E-state index is 12.3. The van der Waals surface area contributed by atoms with E-state index in [9.17, 15) is 16.8 Å². The van der Waals surface area contributed by atoms with Crippen LogP contribution in [0, 0.1) is 11.3 Å². The molecule has 0 fully saturated rings. The lowest BCUT2D eigenvalue weighted by atomic mass is 10.2. The second-order valence-corrected chi connectivity index (χ2v) is 8.05. The molecule has 0 aromatic heterocycles. The summed E-state index contributed by atoms with van der Waals surface area (Å²) < 4.78 is 52.2. The molecule has 0 unspecified atom stereocenters. The maximum Gasteiger partial charge on any atom is 0.261 e. The Morgan fingerprint density at radius 2 is 1.57 bits per heavy atom. The SMILES string of the molecule is CNS(=O)(=O)c1ccc(NS(=O)(=O)c2cccc(C#N)c2)cc1. The molecule has 0 saturated carbocycles. The molecule has 0 radical (unpaired) electrons. The normalized spacial score (nSPS) is 11.7. The lowest BCUT2D eigenvalue weighted by Gasteiger charge is -2.09. The lowest BCUT2D eigenvalue weighted by molar-refractivity contribution is 0.588. The van der Waals surface area contributed by atoms with Crippen molar-refractivity contribution >= 4 is 25.7 Å². The van der Waals surface area contributed by atoms with Crippen LogP contribution >= 0.6 is 0 Å². The third-order valence-corrected chi connectivity index (χ3v) is 5.77. The van der Waals surface area contributed by atoms with Gasteiger partial charge in [0.25, 0.3) is 10.0 Å². The highest BCUT2D eigenvalue weighted by atomic mass is 32.2. The minimum absolute atomic E-state index is 0.0226. The van der Waals surface area contributed by atoms with Gasteiger partial charge in [-0.2, -0.15) is 5.26 Å². The van der Waals surface area contributed by atoms with E-state index in [0.717, 1.165) is 0 Å². The molecule has 0 spiro atoms. The van der Waals surface area contributed by atoms with Gasteiger partial charge in [0.05, 0.1) is 21.4 Å². The number of nitrogens with zero attached hydrogens (tertiary/aromatic N) is 1.